The van der Waals surface area contributed by atoms with Crippen molar-refractivity contribution in [3.8, 4) is 23.3 Å². The molecule has 11 nitrogen and oxygen atoms in total. The van der Waals surface area contributed by atoms with Crippen LogP contribution in [0.4, 0.5) is 13.2 Å². The minimum Gasteiger partial charge on any atom is -0.418 e. The Morgan fingerprint density at radius 1 is 1.18 bits per heavy atom. The number of aryl methyl sites for hydroxylation is 3. The lowest BCUT2D eigenvalue weighted by Crippen LogP contribution is -2.14. The van der Waals surface area contributed by atoms with Crippen molar-refractivity contribution in [2.75, 3.05) is 0 Å². The molecule has 0 saturated heterocycles. The molecule has 0 fully saturated rings. The van der Waals surface area contributed by atoms with E-state index in [1.807, 2.05) is 20.2 Å². The molecule has 1 N–H and O–H groups in total. The second kappa shape index (κ2) is 6.88. The second-order valence-electron chi connectivity index (χ2n) is 7.95. The van der Waals surface area contributed by atoms with Crippen molar-refractivity contribution in [3.63, 3.8) is 0 Å². The molecule has 1 atom stereocenters. The summed E-state index contributed by atoms with van der Waals surface area (Å²) in [6.07, 6.45) is 0.438. The van der Waals surface area contributed by atoms with Gasteiger partial charge >= 0.3 is 6.18 Å². The van der Waals surface area contributed by atoms with E-state index >= 15 is 0 Å². The Morgan fingerprint density at radius 3 is 2.71 bits per heavy atom. The third-order valence-electron chi connectivity index (χ3n) is 5.77. The van der Waals surface area contributed by atoms with Crippen LogP contribution in [0.3, 0.4) is 0 Å². The summed E-state index contributed by atoms with van der Waals surface area (Å²) in [4.78, 5) is 9.00. The SMILES string of the molecule is CCn1nc(C(F)(F)F)cc1-c1nc2c3c(ncn2n1)Oc1n[nH]c(C)c1C3c1cnn(C)c1. The highest BCUT2D eigenvalue weighted by Gasteiger charge is 2.38. The van der Waals surface area contributed by atoms with Crippen LogP contribution in [0.25, 0.3) is 17.2 Å². The van der Waals surface area contributed by atoms with Crippen LogP contribution in [0.15, 0.2) is 24.8 Å². The Morgan fingerprint density at radius 2 is 2.00 bits per heavy atom. The highest BCUT2D eigenvalue weighted by Crippen LogP contribution is 2.48. The minimum atomic E-state index is -4.58. The fourth-order valence-electron chi connectivity index (χ4n) is 4.27. The zero-order chi connectivity index (χ0) is 23.8. The number of hydrogen-bond acceptors (Lipinski definition) is 7. The van der Waals surface area contributed by atoms with E-state index in [4.69, 9.17) is 4.74 Å². The topological polar surface area (TPSA) is 117 Å². The van der Waals surface area contributed by atoms with Gasteiger partial charge < -0.3 is 4.74 Å². The average Bonchev–Trinajstić information content (AvgIpc) is 3.56. The molecule has 0 amide bonds. The smallest absolute Gasteiger partial charge is 0.418 e. The van der Waals surface area contributed by atoms with Crippen LogP contribution >= 0.6 is 0 Å². The van der Waals surface area contributed by atoms with Crippen LogP contribution < -0.4 is 4.74 Å². The van der Waals surface area contributed by atoms with Crippen LogP contribution in [-0.4, -0.2) is 49.3 Å². The third-order valence-corrected chi connectivity index (χ3v) is 5.77. The molecule has 6 heterocycles. The maximum absolute atomic E-state index is 13.3. The van der Waals surface area contributed by atoms with E-state index in [1.165, 1.54) is 15.5 Å². The molecule has 34 heavy (non-hydrogen) atoms. The van der Waals surface area contributed by atoms with Crippen LogP contribution in [0.1, 0.15) is 40.9 Å². The van der Waals surface area contributed by atoms with E-state index in [2.05, 4.69) is 35.5 Å². The monoisotopic (exact) mass is 470 g/mol. The highest BCUT2D eigenvalue weighted by molar-refractivity contribution is 5.67. The standard InChI is InChI=1S/C20H17F3N10O/c1-4-32-11(5-12(29-32)20(21,22)23)16-26-17-15-14(10-6-25-31(3)7-10)13-9(2)27-28-19(13)34-18(15)24-8-33(17)30-16/h5-8,14H,4H2,1-3H3,(H,27,28). The number of ether oxygens (including phenoxy) is 1. The fourth-order valence-corrected chi connectivity index (χ4v) is 4.27. The summed E-state index contributed by atoms with van der Waals surface area (Å²) in [5.74, 6) is 0.412. The lowest BCUT2D eigenvalue weighted by Gasteiger charge is -2.24. The Labute approximate surface area is 189 Å². The van der Waals surface area contributed by atoms with E-state index in [0.29, 0.717) is 23.0 Å². The first-order valence-electron chi connectivity index (χ1n) is 10.4. The molecular weight excluding hydrogens is 453 g/mol. The first-order chi connectivity index (χ1) is 16.2. The number of rotatable bonds is 3. The van der Waals surface area contributed by atoms with Crippen LogP contribution in [0.5, 0.6) is 11.8 Å². The van der Waals surface area contributed by atoms with Crippen molar-refractivity contribution < 1.29 is 17.9 Å². The second-order valence-corrected chi connectivity index (χ2v) is 7.95. The number of nitrogens with one attached hydrogen (secondary N) is 1. The van der Waals surface area contributed by atoms with Gasteiger partial charge in [-0.1, -0.05) is 0 Å². The summed E-state index contributed by atoms with van der Waals surface area (Å²) in [7, 11) is 1.81. The Bertz CT molecular complexity index is 1560. The van der Waals surface area contributed by atoms with Gasteiger partial charge in [0.15, 0.2) is 11.3 Å². The van der Waals surface area contributed by atoms with Gasteiger partial charge in [-0.05, 0) is 19.9 Å². The predicted octanol–water partition coefficient (Wildman–Crippen LogP) is 3.08. The number of halogens is 3. The summed E-state index contributed by atoms with van der Waals surface area (Å²) in [6.45, 7) is 3.80. The molecule has 14 heteroatoms. The quantitative estimate of drug-likeness (QED) is 0.422. The van der Waals surface area contributed by atoms with Gasteiger partial charge in [-0.3, -0.25) is 14.5 Å². The molecule has 1 aliphatic rings. The number of fused-ring (bicyclic) bond motifs is 4. The fraction of sp³-hybridized carbons (Fsp3) is 0.300. The van der Waals surface area contributed by atoms with Crippen LogP contribution in [0, 0.1) is 6.92 Å². The number of aromatic amines is 1. The Balaban J connectivity index is 1.58. The number of H-pyrrole nitrogens is 1. The van der Waals surface area contributed by atoms with Gasteiger partial charge in [0.1, 0.15) is 12.0 Å². The van der Waals surface area contributed by atoms with E-state index in [0.717, 1.165) is 22.9 Å². The molecule has 0 saturated carbocycles. The zero-order valence-electron chi connectivity index (χ0n) is 18.2. The molecule has 5 aromatic rings. The molecule has 0 aliphatic carbocycles. The summed E-state index contributed by atoms with van der Waals surface area (Å²) in [6, 6.07) is 0.950. The number of nitrogens with zero attached hydrogens (tertiary/aromatic N) is 9. The first-order valence-corrected chi connectivity index (χ1v) is 10.4. The lowest BCUT2D eigenvalue weighted by molar-refractivity contribution is -0.141. The van der Waals surface area contributed by atoms with E-state index in [-0.39, 0.29) is 24.0 Å². The molecule has 6 rings (SSSR count). The van der Waals surface area contributed by atoms with Gasteiger partial charge in [0, 0.05) is 36.6 Å². The maximum Gasteiger partial charge on any atom is 0.435 e. The van der Waals surface area contributed by atoms with Gasteiger partial charge in [-0.25, -0.2) is 14.5 Å². The number of alkyl halides is 3. The van der Waals surface area contributed by atoms with Crippen molar-refractivity contribution in [2.24, 2.45) is 7.05 Å². The summed E-state index contributed by atoms with van der Waals surface area (Å²) < 4.78 is 50.1. The molecule has 0 aromatic carbocycles. The predicted molar refractivity (Wildman–Crippen MR) is 110 cm³/mol. The highest BCUT2D eigenvalue weighted by atomic mass is 19.4. The van der Waals surface area contributed by atoms with Crippen molar-refractivity contribution in [2.45, 2.75) is 32.5 Å². The van der Waals surface area contributed by atoms with Crippen LogP contribution in [0.2, 0.25) is 0 Å². The largest absolute Gasteiger partial charge is 0.435 e. The first kappa shape index (κ1) is 20.4. The summed E-state index contributed by atoms with van der Waals surface area (Å²) in [5, 5.41) is 19.6. The molecular formula is C20H17F3N10O. The van der Waals surface area contributed by atoms with Crippen molar-refractivity contribution in [1.29, 1.82) is 0 Å². The van der Waals surface area contributed by atoms with E-state index in [9.17, 15) is 13.2 Å². The van der Waals surface area contributed by atoms with Gasteiger partial charge in [-0.15, -0.1) is 10.2 Å². The number of hydrogen-bond donors (Lipinski definition) is 1. The Hall–Kier alpha value is -4.23. The molecule has 0 spiro atoms. The normalized spacial score (nSPS) is 15.4. The number of aromatic nitrogens is 10. The lowest BCUT2D eigenvalue weighted by atomic mass is 9.86. The summed E-state index contributed by atoms with van der Waals surface area (Å²) in [5.41, 5.74) is 2.63. The minimum absolute atomic E-state index is 0.0969. The van der Waals surface area contributed by atoms with E-state index < -0.39 is 11.9 Å². The molecule has 1 aliphatic heterocycles. The van der Waals surface area contributed by atoms with Gasteiger partial charge in [0.25, 0.3) is 0 Å². The van der Waals surface area contributed by atoms with Crippen molar-refractivity contribution in [1.82, 2.24) is 49.3 Å². The summed E-state index contributed by atoms with van der Waals surface area (Å²) >= 11 is 0. The zero-order valence-corrected chi connectivity index (χ0v) is 18.2. The van der Waals surface area contributed by atoms with Gasteiger partial charge in [0.05, 0.1) is 17.7 Å². The van der Waals surface area contributed by atoms with Crippen LogP contribution in [-0.2, 0) is 19.8 Å². The van der Waals surface area contributed by atoms with E-state index in [1.54, 1.807) is 17.8 Å². The molecule has 5 aromatic heterocycles. The third kappa shape index (κ3) is 2.90. The maximum atomic E-state index is 13.3. The average molecular weight is 470 g/mol. The molecule has 0 radical (unpaired) electrons. The molecule has 0 bridgehead atoms. The van der Waals surface area contributed by atoms with Crippen molar-refractivity contribution in [3.05, 3.63) is 52.9 Å². The van der Waals surface area contributed by atoms with Gasteiger partial charge in [0.2, 0.25) is 17.6 Å². The molecule has 1 unspecified atom stereocenters. The molecule has 174 valence electrons. The van der Waals surface area contributed by atoms with Crippen molar-refractivity contribution >= 4 is 5.65 Å². The van der Waals surface area contributed by atoms with Gasteiger partial charge in [-0.2, -0.15) is 23.4 Å². The Kier molecular flexibility index (Phi) is 4.13.